The lowest BCUT2D eigenvalue weighted by atomic mass is 9.91. The van der Waals surface area contributed by atoms with Gasteiger partial charge in [0.15, 0.2) is 0 Å². The molecule has 0 saturated carbocycles. The second-order valence-electron chi connectivity index (χ2n) is 6.49. The first kappa shape index (κ1) is 17.8. The highest BCUT2D eigenvalue weighted by molar-refractivity contribution is 5.86. The summed E-state index contributed by atoms with van der Waals surface area (Å²) < 4.78 is 38.5. The molecule has 0 aromatic heterocycles. The summed E-state index contributed by atoms with van der Waals surface area (Å²) in [6.45, 7) is 3.63. The van der Waals surface area contributed by atoms with Gasteiger partial charge in [-0.2, -0.15) is 18.3 Å². The van der Waals surface area contributed by atoms with Crippen molar-refractivity contribution in [3.05, 3.63) is 35.4 Å². The van der Waals surface area contributed by atoms with Crippen molar-refractivity contribution < 1.29 is 13.2 Å². The number of hydrazone groups is 1. The van der Waals surface area contributed by atoms with Gasteiger partial charge in [-0.3, -0.25) is 5.01 Å². The maximum Gasteiger partial charge on any atom is 0.407 e. The first-order valence-corrected chi connectivity index (χ1v) is 7.79. The molecular formula is C17H24F3N3. The molecule has 0 amide bonds. The molecular weight excluding hydrogens is 303 g/mol. The monoisotopic (exact) mass is 327 g/mol. The Labute approximate surface area is 135 Å². The third-order valence-electron chi connectivity index (χ3n) is 4.22. The summed E-state index contributed by atoms with van der Waals surface area (Å²) in [5, 5.41) is 5.32. The van der Waals surface area contributed by atoms with Crippen LogP contribution in [0.15, 0.2) is 29.4 Å². The Bertz CT molecular complexity index is 566. The minimum atomic E-state index is -4.26. The van der Waals surface area contributed by atoms with Crippen molar-refractivity contribution in [1.82, 2.24) is 9.91 Å². The molecule has 0 N–H and O–H groups in total. The van der Waals surface area contributed by atoms with Crippen LogP contribution in [0.2, 0.25) is 0 Å². The second kappa shape index (κ2) is 6.91. The molecule has 2 rings (SSSR count). The largest absolute Gasteiger partial charge is 0.407 e. The molecule has 0 aliphatic carbocycles. The van der Waals surface area contributed by atoms with Crippen LogP contribution in [0.5, 0.6) is 0 Å². The van der Waals surface area contributed by atoms with Gasteiger partial charge in [0.2, 0.25) is 0 Å². The maximum atomic E-state index is 12.8. The number of halogens is 3. The molecule has 2 atom stereocenters. The molecule has 1 heterocycles. The molecule has 2 unspecified atom stereocenters. The molecule has 0 saturated heterocycles. The van der Waals surface area contributed by atoms with Crippen LogP contribution in [-0.2, 0) is 6.42 Å². The van der Waals surface area contributed by atoms with Gasteiger partial charge in [-0.1, -0.05) is 31.2 Å². The third-order valence-corrected chi connectivity index (χ3v) is 4.22. The minimum Gasteiger partial charge on any atom is -0.309 e. The van der Waals surface area contributed by atoms with E-state index < -0.39 is 12.7 Å². The van der Waals surface area contributed by atoms with Crippen molar-refractivity contribution in [2.75, 3.05) is 27.2 Å². The molecule has 128 valence electrons. The fourth-order valence-electron chi connectivity index (χ4n) is 2.91. The molecule has 0 spiro atoms. The zero-order valence-electron chi connectivity index (χ0n) is 14.1. The summed E-state index contributed by atoms with van der Waals surface area (Å²) in [4.78, 5) is 2.09. The van der Waals surface area contributed by atoms with E-state index in [0.29, 0.717) is 0 Å². The smallest absolute Gasteiger partial charge is 0.309 e. The average molecular weight is 327 g/mol. The van der Waals surface area contributed by atoms with Crippen LogP contribution in [0.1, 0.15) is 31.0 Å². The zero-order valence-corrected chi connectivity index (χ0v) is 14.1. The van der Waals surface area contributed by atoms with E-state index in [9.17, 15) is 13.2 Å². The van der Waals surface area contributed by atoms with Crippen molar-refractivity contribution in [2.45, 2.75) is 32.5 Å². The Hall–Kier alpha value is -1.56. The van der Waals surface area contributed by atoms with Gasteiger partial charge in [-0.15, -0.1) is 0 Å². The third kappa shape index (κ3) is 4.70. The number of hydrogen-bond donors (Lipinski definition) is 0. The summed E-state index contributed by atoms with van der Waals surface area (Å²) in [5.41, 5.74) is 2.79. The fraction of sp³-hybridized carbons (Fsp3) is 0.588. The number of rotatable bonds is 5. The topological polar surface area (TPSA) is 18.8 Å². The molecule has 0 radical (unpaired) electrons. The van der Waals surface area contributed by atoms with Crippen molar-refractivity contribution in [2.24, 2.45) is 11.0 Å². The van der Waals surface area contributed by atoms with Crippen LogP contribution in [0.25, 0.3) is 0 Å². The Morgan fingerprint density at radius 1 is 1.26 bits per heavy atom. The second-order valence-corrected chi connectivity index (χ2v) is 6.49. The van der Waals surface area contributed by atoms with Gasteiger partial charge in [-0.05, 0) is 38.6 Å². The standard InChI is InChI=1S/C17H24F3N3/c1-12-13(2)21-23(11-17(18,19)20)16(12)15-7-5-6-14(10-15)8-9-22(3)4/h5-7,10,12,16H,8-9,11H2,1-4H3. The van der Waals surface area contributed by atoms with Crippen LogP contribution < -0.4 is 0 Å². The van der Waals surface area contributed by atoms with Crippen LogP contribution >= 0.6 is 0 Å². The molecule has 1 aliphatic heterocycles. The molecule has 1 aromatic rings. The van der Waals surface area contributed by atoms with Gasteiger partial charge in [-0.25, -0.2) is 0 Å². The summed E-state index contributed by atoms with van der Waals surface area (Å²) >= 11 is 0. The number of alkyl halides is 3. The van der Waals surface area contributed by atoms with Gasteiger partial charge in [0, 0.05) is 18.2 Å². The van der Waals surface area contributed by atoms with Gasteiger partial charge >= 0.3 is 6.18 Å². The number of likely N-dealkylation sites (N-methyl/N-ethyl adjacent to an activating group) is 1. The fourth-order valence-corrected chi connectivity index (χ4v) is 2.91. The van der Waals surface area contributed by atoms with Gasteiger partial charge in [0.25, 0.3) is 0 Å². The van der Waals surface area contributed by atoms with E-state index in [2.05, 4.69) is 10.0 Å². The van der Waals surface area contributed by atoms with Gasteiger partial charge in [0.1, 0.15) is 6.54 Å². The predicted molar refractivity (Wildman–Crippen MR) is 86.5 cm³/mol. The van der Waals surface area contributed by atoms with E-state index in [4.69, 9.17) is 0 Å². The van der Waals surface area contributed by atoms with E-state index in [1.54, 1.807) is 6.92 Å². The molecule has 3 nitrogen and oxygen atoms in total. The summed E-state index contributed by atoms with van der Waals surface area (Å²) in [5.74, 6) is -0.0264. The van der Waals surface area contributed by atoms with Gasteiger partial charge in [0.05, 0.1) is 6.04 Å². The normalized spacial score (nSPS) is 21.9. The Morgan fingerprint density at radius 3 is 2.57 bits per heavy atom. The lowest BCUT2D eigenvalue weighted by molar-refractivity contribution is -0.150. The Balaban J connectivity index is 2.22. The van der Waals surface area contributed by atoms with Crippen LogP contribution in [0, 0.1) is 5.92 Å². The molecule has 0 fully saturated rings. The maximum absolute atomic E-state index is 12.8. The van der Waals surface area contributed by atoms with E-state index in [-0.39, 0.29) is 12.0 Å². The summed E-state index contributed by atoms with van der Waals surface area (Å²) in [7, 11) is 4.01. The first-order chi connectivity index (χ1) is 10.7. The van der Waals surface area contributed by atoms with E-state index in [0.717, 1.165) is 29.8 Å². The predicted octanol–water partition coefficient (Wildman–Crippen LogP) is 3.72. The highest BCUT2D eigenvalue weighted by Gasteiger charge is 2.40. The molecule has 0 bridgehead atoms. The average Bonchev–Trinajstić information content (AvgIpc) is 2.69. The highest BCUT2D eigenvalue weighted by atomic mass is 19.4. The quantitative estimate of drug-likeness (QED) is 0.821. The molecule has 1 aliphatic rings. The van der Waals surface area contributed by atoms with E-state index >= 15 is 0 Å². The van der Waals surface area contributed by atoms with E-state index in [1.165, 1.54) is 5.01 Å². The first-order valence-electron chi connectivity index (χ1n) is 7.79. The number of nitrogens with zero attached hydrogens (tertiary/aromatic N) is 3. The van der Waals surface area contributed by atoms with Crippen molar-refractivity contribution >= 4 is 5.71 Å². The van der Waals surface area contributed by atoms with Crippen molar-refractivity contribution in [1.29, 1.82) is 0 Å². The SMILES string of the molecule is CC1=NN(CC(F)(F)F)C(c2cccc(CCN(C)C)c2)C1C. The molecule has 1 aromatic carbocycles. The minimum absolute atomic E-state index is 0.0264. The molecule has 23 heavy (non-hydrogen) atoms. The van der Waals surface area contributed by atoms with Crippen LogP contribution in [0.4, 0.5) is 13.2 Å². The highest BCUT2D eigenvalue weighted by Crippen LogP contribution is 2.37. The zero-order chi connectivity index (χ0) is 17.2. The number of benzene rings is 1. The van der Waals surface area contributed by atoms with Crippen LogP contribution in [0.3, 0.4) is 0 Å². The van der Waals surface area contributed by atoms with Crippen molar-refractivity contribution in [3.8, 4) is 0 Å². The Kier molecular flexibility index (Phi) is 5.34. The van der Waals surface area contributed by atoms with E-state index in [1.807, 2.05) is 45.3 Å². The van der Waals surface area contributed by atoms with Gasteiger partial charge < -0.3 is 4.90 Å². The molecule has 6 heteroatoms. The lowest BCUT2D eigenvalue weighted by Gasteiger charge is -2.28. The summed E-state index contributed by atoms with van der Waals surface area (Å²) in [6, 6.07) is 7.51. The Morgan fingerprint density at radius 2 is 1.96 bits per heavy atom. The summed E-state index contributed by atoms with van der Waals surface area (Å²) in [6.07, 6.45) is -3.38. The number of hydrogen-bond acceptors (Lipinski definition) is 3. The lowest BCUT2D eigenvalue weighted by Crippen LogP contribution is -2.33. The van der Waals surface area contributed by atoms with Crippen LogP contribution in [-0.4, -0.2) is 49.0 Å². The van der Waals surface area contributed by atoms with Crippen molar-refractivity contribution in [3.63, 3.8) is 0 Å².